The molecular formula is C16H22N2O. The third-order valence-electron chi connectivity index (χ3n) is 4.47. The standard InChI is InChI=1S/C16H22N2O/c1-16(2)7-8-18(11-15(16)19)10-12-9-17-14-6-4-3-5-13(12)14/h3-6,9,15,17,19H,7-8,10-11H2,1-2H3. The highest BCUT2D eigenvalue weighted by molar-refractivity contribution is 5.82. The van der Waals surface area contributed by atoms with E-state index in [0.29, 0.717) is 0 Å². The minimum Gasteiger partial charge on any atom is -0.391 e. The molecule has 2 heterocycles. The van der Waals surface area contributed by atoms with E-state index in [9.17, 15) is 5.11 Å². The van der Waals surface area contributed by atoms with Crippen LogP contribution in [-0.2, 0) is 6.54 Å². The van der Waals surface area contributed by atoms with E-state index in [1.807, 2.05) is 0 Å². The Bertz CT molecular complexity index is 573. The van der Waals surface area contributed by atoms with Crippen molar-refractivity contribution >= 4 is 10.9 Å². The van der Waals surface area contributed by atoms with Crippen molar-refractivity contribution < 1.29 is 5.11 Å². The lowest BCUT2D eigenvalue weighted by atomic mass is 9.80. The number of hydrogen-bond donors (Lipinski definition) is 2. The number of H-pyrrole nitrogens is 1. The summed E-state index contributed by atoms with van der Waals surface area (Å²) in [6.45, 7) is 7.05. The van der Waals surface area contributed by atoms with Gasteiger partial charge in [-0.05, 0) is 30.0 Å². The maximum Gasteiger partial charge on any atom is 0.0718 e. The van der Waals surface area contributed by atoms with Gasteiger partial charge in [0.15, 0.2) is 0 Å². The number of likely N-dealkylation sites (tertiary alicyclic amines) is 1. The number of aromatic amines is 1. The van der Waals surface area contributed by atoms with Gasteiger partial charge in [0.2, 0.25) is 0 Å². The molecule has 1 fully saturated rings. The molecule has 0 saturated carbocycles. The van der Waals surface area contributed by atoms with Crippen LogP contribution >= 0.6 is 0 Å². The van der Waals surface area contributed by atoms with Gasteiger partial charge in [0.05, 0.1) is 6.10 Å². The number of rotatable bonds is 2. The third-order valence-corrected chi connectivity index (χ3v) is 4.47. The molecule has 1 aliphatic heterocycles. The molecule has 2 aromatic rings. The number of para-hydroxylation sites is 1. The van der Waals surface area contributed by atoms with Crippen LogP contribution in [0.3, 0.4) is 0 Å². The zero-order valence-corrected chi connectivity index (χ0v) is 11.7. The van der Waals surface area contributed by atoms with E-state index in [0.717, 1.165) is 26.1 Å². The van der Waals surface area contributed by atoms with E-state index in [-0.39, 0.29) is 11.5 Å². The molecule has 3 heteroatoms. The van der Waals surface area contributed by atoms with Crippen molar-refractivity contribution in [3.63, 3.8) is 0 Å². The molecule has 0 bridgehead atoms. The topological polar surface area (TPSA) is 39.3 Å². The molecule has 1 saturated heterocycles. The normalized spacial score (nSPS) is 23.8. The smallest absolute Gasteiger partial charge is 0.0718 e. The Morgan fingerprint density at radius 2 is 2.16 bits per heavy atom. The summed E-state index contributed by atoms with van der Waals surface area (Å²) in [5.41, 5.74) is 2.56. The summed E-state index contributed by atoms with van der Waals surface area (Å²) in [4.78, 5) is 5.67. The Morgan fingerprint density at radius 1 is 1.37 bits per heavy atom. The number of fused-ring (bicyclic) bond motifs is 1. The maximum absolute atomic E-state index is 10.2. The van der Waals surface area contributed by atoms with Crippen molar-refractivity contribution in [1.29, 1.82) is 0 Å². The van der Waals surface area contributed by atoms with E-state index in [2.05, 4.69) is 54.2 Å². The number of piperidine rings is 1. The lowest BCUT2D eigenvalue weighted by Gasteiger charge is -2.41. The molecule has 0 amide bonds. The first-order valence-electron chi connectivity index (χ1n) is 7.02. The Morgan fingerprint density at radius 3 is 2.95 bits per heavy atom. The van der Waals surface area contributed by atoms with Crippen LogP contribution in [0.1, 0.15) is 25.8 Å². The van der Waals surface area contributed by atoms with Crippen LogP contribution in [0.15, 0.2) is 30.5 Å². The van der Waals surface area contributed by atoms with E-state index >= 15 is 0 Å². The molecule has 1 unspecified atom stereocenters. The Hall–Kier alpha value is -1.32. The summed E-state index contributed by atoms with van der Waals surface area (Å²) < 4.78 is 0. The minimum atomic E-state index is -0.230. The van der Waals surface area contributed by atoms with Gasteiger partial charge >= 0.3 is 0 Å². The number of nitrogens with one attached hydrogen (secondary N) is 1. The average molecular weight is 258 g/mol. The van der Waals surface area contributed by atoms with Crippen LogP contribution in [0.4, 0.5) is 0 Å². The van der Waals surface area contributed by atoms with Crippen molar-refractivity contribution in [2.75, 3.05) is 13.1 Å². The Kier molecular flexibility index (Phi) is 3.11. The highest BCUT2D eigenvalue weighted by Gasteiger charge is 2.34. The summed E-state index contributed by atoms with van der Waals surface area (Å²) in [5, 5.41) is 11.5. The molecule has 2 N–H and O–H groups in total. The molecule has 0 spiro atoms. The lowest BCUT2D eigenvalue weighted by molar-refractivity contribution is -0.0277. The average Bonchev–Trinajstić information content (AvgIpc) is 2.78. The summed E-state index contributed by atoms with van der Waals surface area (Å²) in [6.07, 6.45) is 2.92. The molecule has 0 radical (unpaired) electrons. The van der Waals surface area contributed by atoms with Gasteiger partial charge in [-0.25, -0.2) is 0 Å². The fourth-order valence-electron chi connectivity index (χ4n) is 2.84. The molecule has 1 aromatic carbocycles. The maximum atomic E-state index is 10.2. The summed E-state index contributed by atoms with van der Waals surface area (Å²) in [5.74, 6) is 0. The molecule has 1 aromatic heterocycles. The summed E-state index contributed by atoms with van der Waals surface area (Å²) >= 11 is 0. The second kappa shape index (κ2) is 4.66. The van der Waals surface area contributed by atoms with Gasteiger partial charge < -0.3 is 10.1 Å². The molecule has 19 heavy (non-hydrogen) atoms. The highest BCUT2D eigenvalue weighted by atomic mass is 16.3. The number of aromatic nitrogens is 1. The monoisotopic (exact) mass is 258 g/mol. The number of nitrogens with zero attached hydrogens (tertiary/aromatic N) is 1. The zero-order chi connectivity index (χ0) is 13.5. The van der Waals surface area contributed by atoms with Crippen molar-refractivity contribution in [2.24, 2.45) is 5.41 Å². The molecule has 1 aliphatic rings. The highest BCUT2D eigenvalue weighted by Crippen LogP contribution is 2.31. The van der Waals surface area contributed by atoms with Gasteiger partial charge in [-0.1, -0.05) is 32.0 Å². The number of benzene rings is 1. The molecule has 3 nitrogen and oxygen atoms in total. The molecular weight excluding hydrogens is 236 g/mol. The SMILES string of the molecule is CC1(C)CCN(Cc2c[nH]c3ccccc23)CC1O. The first-order chi connectivity index (χ1) is 9.06. The second-order valence-electron chi connectivity index (χ2n) is 6.35. The van der Waals surface area contributed by atoms with Crippen molar-refractivity contribution in [2.45, 2.75) is 32.9 Å². The van der Waals surface area contributed by atoms with Crippen LogP contribution < -0.4 is 0 Å². The number of aliphatic hydroxyl groups is 1. The molecule has 1 atom stereocenters. The molecule has 3 rings (SSSR count). The van der Waals surface area contributed by atoms with Gasteiger partial charge in [-0.15, -0.1) is 0 Å². The minimum absolute atomic E-state index is 0.0523. The van der Waals surface area contributed by atoms with Gasteiger partial charge in [0.25, 0.3) is 0 Å². The fourth-order valence-corrected chi connectivity index (χ4v) is 2.84. The van der Waals surface area contributed by atoms with Gasteiger partial charge in [-0.2, -0.15) is 0 Å². The van der Waals surface area contributed by atoms with E-state index in [4.69, 9.17) is 0 Å². The Labute approximate surface area is 114 Å². The molecule has 0 aliphatic carbocycles. The van der Waals surface area contributed by atoms with Gasteiger partial charge in [0, 0.05) is 30.2 Å². The lowest BCUT2D eigenvalue weighted by Crippen LogP contribution is -2.47. The van der Waals surface area contributed by atoms with Crippen LogP contribution in [-0.4, -0.2) is 34.2 Å². The third kappa shape index (κ3) is 2.40. The van der Waals surface area contributed by atoms with E-state index in [1.54, 1.807) is 0 Å². The van der Waals surface area contributed by atoms with Gasteiger partial charge in [-0.3, -0.25) is 4.90 Å². The first-order valence-corrected chi connectivity index (χ1v) is 7.02. The van der Waals surface area contributed by atoms with Crippen LogP contribution in [0, 0.1) is 5.41 Å². The Balaban J connectivity index is 1.76. The molecule has 102 valence electrons. The van der Waals surface area contributed by atoms with Gasteiger partial charge in [0.1, 0.15) is 0 Å². The zero-order valence-electron chi connectivity index (χ0n) is 11.7. The summed E-state index contributed by atoms with van der Waals surface area (Å²) in [6, 6.07) is 8.39. The van der Waals surface area contributed by atoms with Crippen LogP contribution in [0.2, 0.25) is 0 Å². The van der Waals surface area contributed by atoms with Crippen molar-refractivity contribution in [3.8, 4) is 0 Å². The van der Waals surface area contributed by atoms with E-state index < -0.39 is 0 Å². The largest absolute Gasteiger partial charge is 0.391 e. The number of hydrogen-bond acceptors (Lipinski definition) is 2. The van der Waals surface area contributed by atoms with Crippen LogP contribution in [0.25, 0.3) is 10.9 Å². The fraction of sp³-hybridized carbons (Fsp3) is 0.500. The van der Waals surface area contributed by atoms with E-state index in [1.165, 1.54) is 16.5 Å². The predicted molar refractivity (Wildman–Crippen MR) is 78.0 cm³/mol. The number of aliphatic hydroxyl groups excluding tert-OH is 1. The van der Waals surface area contributed by atoms with Crippen molar-refractivity contribution in [1.82, 2.24) is 9.88 Å². The van der Waals surface area contributed by atoms with Crippen LogP contribution in [0.5, 0.6) is 0 Å². The predicted octanol–water partition coefficient (Wildman–Crippen LogP) is 2.76. The quantitative estimate of drug-likeness (QED) is 0.869. The summed E-state index contributed by atoms with van der Waals surface area (Å²) in [7, 11) is 0. The van der Waals surface area contributed by atoms with Crippen molar-refractivity contribution in [3.05, 3.63) is 36.0 Å². The number of β-amino-alcohol motifs (C(OH)–C–C–N with tert-alkyl or cyclic N) is 1. The second-order valence-corrected chi connectivity index (χ2v) is 6.35. The first kappa shape index (κ1) is 12.7.